The van der Waals surface area contributed by atoms with E-state index < -0.39 is 0 Å². The van der Waals surface area contributed by atoms with Gasteiger partial charge in [0.25, 0.3) is 0 Å². The third-order valence-electron chi connectivity index (χ3n) is 2.87. The molecule has 0 radical (unpaired) electrons. The molecular formula is C15H23NO2S. The Morgan fingerprint density at radius 2 is 2.00 bits per heavy atom. The zero-order chi connectivity index (χ0) is 14.4. The summed E-state index contributed by atoms with van der Waals surface area (Å²) in [6.45, 7) is 7.06. The second-order valence-corrected chi connectivity index (χ2v) is 5.59. The summed E-state index contributed by atoms with van der Waals surface area (Å²) >= 11 is 4.98. The standard InChI is InChI=1S/C15H23NO2S/c1-10(2)7-11(3)18-9-12-5-6-13(15(16)19)14(8-12)17-4/h5-6,8,10-11H,7,9H2,1-4H3,(H2,16,19). The van der Waals surface area contributed by atoms with Gasteiger partial charge in [-0.05, 0) is 37.0 Å². The first-order chi connectivity index (χ1) is 8.93. The molecule has 0 spiro atoms. The maximum Gasteiger partial charge on any atom is 0.129 e. The molecule has 19 heavy (non-hydrogen) atoms. The molecule has 0 aliphatic carbocycles. The van der Waals surface area contributed by atoms with E-state index in [9.17, 15) is 0 Å². The highest BCUT2D eigenvalue weighted by Crippen LogP contribution is 2.21. The molecular weight excluding hydrogens is 258 g/mol. The molecule has 0 amide bonds. The van der Waals surface area contributed by atoms with Gasteiger partial charge in [0.05, 0.1) is 25.4 Å². The Labute approximate surface area is 121 Å². The topological polar surface area (TPSA) is 44.5 Å². The van der Waals surface area contributed by atoms with Crippen molar-refractivity contribution in [1.29, 1.82) is 0 Å². The van der Waals surface area contributed by atoms with E-state index in [1.807, 2.05) is 18.2 Å². The summed E-state index contributed by atoms with van der Waals surface area (Å²) in [4.78, 5) is 0.345. The number of hydrogen-bond donors (Lipinski definition) is 1. The summed E-state index contributed by atoms with van der Waals surface area (Å²) in [7, 11) is 1.61. The van der Waals surface area contributed by atoms with Gasteiger partial charge in [0, 0.05) is 0 Å². The fourth-order valence-corrected chi connectivity index (χ4v) is 2.17. The molecule has 106 valence electrons. The number of benzene rings is 1. The first kappa shape index (κ1) is 15.9. The second-order valence-electron chi connectivity index (χ2n) is 5.15. The van der Waals surface area contributed by atoms with Gasteiger partial charge in [-0.1, -0.05) is 32.1 Å². The summed E-state index contributed by atoms with van der Waals surface area (Å²) in [5.74, 6) is 1.34. The molecule has 0 aliphatic heterocycles. The van der Waals surface area contributed by atoms with E-state index in [2.05, 4.69) is 20.8 Å². The van der Waals surface area contributed by atoms with Gasteiger partial charge in [0.2, 0.25) is 0 Å². The third kappa shape index (κ3) is 5.17. The average Bonchev–Trinajstić information content (AvgIpc) is 2.34. The SMILES string of the molecule is COc1cc(COC(C)CC(C)C)ccc1C(N)=S. The molecule has 1 rings (SSSR count). The predicted octanol–water partition coefficient (Wildman–Crippen LogP) is 3.28. The van der Waals surface area contributed by atoms with Crippen LogP contribution in [0, 0.1) is 5.92 Å². The summed E-state index contributed by atoms with van der Waals surface area (Å²) in [6.07, 6.45) is 1.31. The fraction of sp³-hybridized carbons (Fsp3) is 0.533. The lowest BCUT2D eigenvalue weighted by Gasteiger charge is -2.16. The van der Waals surface area contributed by atoms with Gasteiger partial charge >= 0.3 is 0 Å². The van der Waals surface area contributed by atoms with Crippen molar-refractivity contribution in [2.75, 3.05) is 7.11 Å². The Balaban J connectivity index is 2.67. The van der Waals surface area contributed by atoms with E-state index in [1.54, 1.807) is 7.11 Å². The molecule has 0 aromatic heterocycles. The fourth-order valence-electron chi connectivity index (χ4n) is 2.00. The highest BCUT2D eigenvalue weighted by atomic mass is 32.1. The van der Waals surface area contributed by atoms with Gasteiger partial charge < -0.3 is 15.2 Å². The van der Waals surface area contributed by atoms with Crippen molar-refractivity contribution in [3.8, 4) is 5.75 Å². The Morgan fingerprint density at radius 3 is 2.53 bits per heavy atom. The molecule has 4 heteroatoms. The maximum absolute atomic E-state index is 5.82. The molecule has 0 saturated heterocycles. The lowest BCUT2D eigenvalue weighted by molar-refractivity contribution is 0.0396. The molecule has 0 fully saturated rings. The van der Waals surface area contributed by atoms with Crippen molar-refractivity contribution in [3.05, 3.63) is 29.3 Å². The van der Waals surface area contributed by atoms with Crippen LogP contribution in [0.2, 0.25) is 0 Å². The molecule has 1 atom stereocenters. The van der Waals surface area contributed by atoms with Crippen molar-refractivity contribution >= 4 is 17.2 Å². The second kappa shape index (κ2) is 7.46. The van der Waals surface area contributed by atoms with Crippen LogP contribution in [0.25, 0.3) is 0 Å². The van der Waals surface area contributed by atoms with Gasteiger partial charge in [0.1, 0.15) is 10.7 Å². The van der Waals surface area contributed by atoms with Gasteiger partial charge in [0.15, 0.2) is 0 Å². The number of rotatable bonds is 7. The van der Waals surface area contributed by atoms with Gasteiger partial charge in [-0.15, -0.1) is 0 Å². The molecule has 3 nitrogen and oxygen atoms in total. The van der Waals surface area contributed by atoms with Crippen molar-refractivity contribution < 1.29 is 9.47 Å². The van der Waals surface area contributed by atoms with Crippen LogP contribution in [0.1, 0.15) is 38.3 Å². The quantitative estimate of drug-likeness (QED) is 0.779. The van der Waals surface area contributed by atoms with Crippen LogP contribution >= 0.6 is 12.2 Å². The number of ether oxygens (including phenoxy) is 2. The highest BCUT2D eigenvalue weighted by Gasteiger charge is 2.09. The van der Waals surface area contributed by atoms with E-state index in [4.69, 9.17) is 27.4 Å². The van der Waals surface area contributed by atoms with Crippen LogP contribution in [0.4, 0.5) is 0 Å². The number of hydrogen-bond acceptors (Lipinski definition) is 3. The van der Waals surface area contributed by atoms with Gasteiger partial charge in [-0.25, -0.2) is 0 Å². The molecule has 0 saturated carbocycles. The van der Waals surface area contributed by atoms with E-state index in [-0.39, 0.29) is 6.10 Å². The predicted molar refractivity (Wildman–Crippen MR) is 82.6 cm³/mol. The summed E-state index contributed by atoms with van der Waals surface area (Å²) < 4.78 is 11.1. The number of thiocarbonyl (C=S) groups is 1. The molecule has 1 unspecified atom stereocenters. The van der Waals surface area contributed by atoms with E-state index >= 15 is 0 Å². The van der Waals surface area contributed by atoms with Crippen LogP contribution in [0.15, 0.2) is 18.2 Å². The largest absolute Gasteiger partial charge is 0.496 e. The Morgan fingerprint density at radius 1 is 1.32 bits per heavy atom. The van der Waals surface area contributed by atoms with Crippen LogP contribution in [0.3, 0.4) is 0 Å². The molecule has 0 bridgehead atoms. The highest BCUT2D eigenvalue weighted by molar-refractivity contribution is 7.80. The van der Waals surface area contributed by atoms with E-state index in [1.165, 1.54) is 0 Å². The van der Waals surface area contributed by atoms with Crippen molar-refractivity contribution in [1.82, 2.24) is 0 Å². The van der Waals surface area contributed by atoms with Crippen molar-refractivity contribution in [2.45, 2.75) is 39.9 Å². The first-order valence-electron chi connectivity index (χ1n) is 6.52. The smallest absolute Gasteiger partial charge is 0.129 e. The molecule has 1 aromatic rings. The number of methoxy groups -OCH3 is 1. The zero-order valence-corrected chi connectivity index (χ0v) is 12.9. The average molecular weight is 281 g/mol. The van der Waals surface area contributed by atoms with Gasteiger partial charge in [-0.3, -0.25) is 0 Å². The monoisotopic (exact) mass is 281 g/mol. The zero-order valence-electron chi connectivity index (χ0n) is 12.1. The Bertz CT molecular complexity index is 432. The Hall–Kier alpha value is -1.13. The maximum atomic E-state index is 5.82. The lowest BCUT2D eigenvalue weighted by atomic mass is 10.1. The van der Waals surface area contributed by atoms with E-state index in [0.29, 0.717) is 23.3 Å². The molecule has 1 aromatic carbocycles. The number of nitrogens with two attached hydrogens (primary N) is 1. The van der Waals surface area contributed by atoms with Crippen molar-refractivity contribution in [3.63, 3.8) is 0 Å². The minimum Gasteiger partial charge on any atom is -0.496 e. The summed E-state index contributed by atoms with van der Waals surface area (Å²) in [5.41, 5.74) is 7.46. The Kier molecular flexibility index (Phi) is 6.25. The van der Waals surface area contributed by atoms with Crippen LogP contribution in [-0.2, 0) is 11.3 Å². The lowest BCUT2D eigenvalue weighted by Crippen LogP contribution is -2.13. The molecule has 0 heterocycles. The normalized spacial score (nSPS) is 12.5. The minimum atomic E-state index is 0.251. The van der Waals surface area contributed by atoms with Crippen LogP contribution in [-0.4, -0.2) is 18.2 Å². The molecule has 2 N–H and O–H groups in total. The first-order valence-corrected chi connectivity index (χ1v) is 6.93. The minimum absolute atomic E-state index is 0.251. The van der Waals surface area contributed by atoms with Crippen LogP contribution in [0.5, 0.6) is 5.75 Å². The molecule has 0 aliphatic rings. The summed E-state index contributed by atoms with van der Waals surface area (Å²) in [6, 6.07) is 5.78. The summed E-state index contributed by atoms with van der Waals surface area (Å²) in [5, 5.41) is 0. The van der Waals surface area contributed by atoms with E-state index in [0.717, 1.165) is 17.5 Å². The van der Waals surface area contributed by atoms with Crippen LogP contribution < -0.4 is 10.5 Å². The third-order valence-corrected chi connectivity index (χ3v) is 3.09. The van der Waals surface area contributed by atoms with Crippen molar-refractivity contribution in [2.24, 2.45) is 11.7 Å². The van der Waals surface area contributed by atoms with Gasteiger partial charge in [-0.2, -0.15) is 0 Å².